The highest BCUT2D eigenvalue weighted by Gasteiger charge is 2.13. The van der Waals surface area contributed by atoms with Gasteiger partial charge in [0.25, 0.3) is 0 Å². The monoisotopic (exact) mass is 274 g/mol. The zero-order chi connectivity index (χ0) is 13.2. The lowest BCUT2D eigenvalue weighted by Crippen LogP contribution is -2.32. The van der Waals surface area contributed by atoms with Crippen molar-refractivity contribution in [2.45, 2.75) is 33.2 Å². The Bertz CT molecular complexity index is 700. The largest absolute Gasteiger partial charge is 0.234 e. The molecular weight excluding hydrogens is 258 g/mol. The summed E-state index contributed by atoms with van der Waals surface area (Å²) in [6.07, 6.45) is 6.19. The lowest BCUT2D eigenvalue weighted by Gasteiger charge is -1.96. The Balaban J connectivity index is 2.03. The van der Waals surface area contributed by atoms with Crippen molar-refractivity contribution >= 4 is 16.3 Å². The van der Waals surface area contributed by atoms with Crippen LogP contribution in [-0.4, -0.2) is 19.8 Å². The Morgan fingerprint density at radius 1 is 1.32 bits per heavy atom. The van der Waals surface area contributed by atoms with Crippen LogP contribution in [0.2, 0.25) is 0 Å². The van der Waals surface area contributed by atoms with E-state index in [1.54, 1.807) is 11.3 Å². The Hall–Kier alpha value is -1.82. The van der Waals surface area contributed by atoms with E-state index in [9.17, 15) is 0 Å². The van der Waals surface area contributed by atoms with E-state index in [0.717, 1.165) is 40.7 Å². The van der Waals surface area contributed by atoms with E-state index in [4.69, 9.17) is 0 Å². The van der Waals surface area contributed by atoms with E-state index in [-0.39, 0.29) is 0 Å². The van der Waals surface area contributed by atoms with Crippen LogP contribution in [0.4, 0.5) is 0 Å². The number of aryl methyl sites for hydroxylation is 2. The molecule has 0 saturated heterocycles. The number of hydrogen-bond donors (Lipinski definition) is 0. The fourth-order valence-corrected chi connectivity index (χ4v) is 2.89. The van der Waals surface area contributed by atoms with Crippen LogP contribution in [0.5, 0.6) is 0 Å². The third-order valence-corrected chi connectivity index (χ3v) is 3.91. The molecule has 3 aromatic rings. The first-order valence-electron chi connectivity index (χ1n) is 6.52. The van der Waals surface area contributed by atoms with E-state index in [0.29, 0.717) is 0 Å². The average Bonchev–Trinajstić information content (AvgIpc) is 2.99. The van der Waals surface area contributed by atoms with Crippen molar-refractivity contribution in [2.24, 2.45) is 0 Å². The van der Waals surface area contributed by atoms with Crippen LogP contribution in [0, 0.1) is 0 Å². The zero-order valence-electron chi connectivity index (χ0n) is 11.1. The highest BCUT2D eigenvalue weighted by Crippen LogP contribution is 2.24. The smallest absolute Gasteiger partial charge is 0.204 e. The van der Waals surface area contributed by atoms with Crippen molar-refractivity contribution in [2.75, 3.05) is 0 Å². The molecule has 3 aromatic heterocycles. The second kappa shape index (κ2) is 5.05. The molecule has 0 bridgehead atoms. The number of fused-ring (bicyclic) bond motifs is 1. The Morgan fingerprint density at radius 2 is 2.21 bits per heavy atom. The highest BCUT2D eigenvalue weighted by molar-refractivity contribution is 7.19. The molecule has 3 rings (SSSR count). The van der Waals surface area contributed by atoms with Crippen molar-refractivity contribution in [3.05, 3.63) is 30.4 Å². The Kier molecular flexibility index (Phi) is 3.25. The van der Waals surface area contributed by atoms with Crippen molar-refractivity contribution < 1.29 is 4.57 Å². The van der Waals surface area contributed by atoms with Crippen molar-refractivity contribution in [3.8, 4) is 10.6 Å². The molecular formula is C13H16N5S+. The first-order valence-corrected chi connectivity index (χ1v) is 7.34. The standard InChI is InChI=1S/C13H16N5S/c1-3-7-17-8-5-6-10(9-17)12-16-18-11(4-2)14-15-13(18)19-12/h5-6,8-9H,3-4,7H2,1-2H3/q+1. The zero-order valence-corrected chi connectivity index (χ0v) is 11.9. The van der Waals surface area contributed by atoms with Crippen LogP contribution in [-0.2, 0) is 13.0 Å². The summed E-state index contributed by atoms with van der Waals surface area (Å²) in [7, 11) is 0. The summed E-state index contributed by atoms with van der Waals surface area (Å²) in [4.78, 5) is 0.859. The number of rotatable bonds is 4. The fraction of sp³-hybridized carbons (Fsp3) is 0.385. The lowest BCUT2D eigenvalue weighted by molar-refractivity contribution is -0.696. The van der Waals surface area contributed by atoms with Gasteiger partial charge in [0.15, 0.2) is 23.2 Å². The van der Waals surface area contributed by atoms with Gasteiger partial charge in [-0.15, -0.1) is 10.2 Å². The number of aromatic nitrogens is 5. The van der Waals surface area contributed by atoms with E-state index in [1.165, 1.54) is 0 Å². The molecule has 0 N–H and O–H groups in total. The summed E-state index contributed by atoms with van der Waals surface area (Å²) in [5.41, 5.74) is 1.13. The van der Waals surface area contributed by atoms with E-state index < -0.39 is 0 Å². The van der Waals surface area contributed by atoms with E-state index in [2.05, 4.69) is 58.2 Å². The number of pyridine rings is 1. The average molecular weight is 274 g/mol. The van der Waals surface area contributed by atoms with Gasteiger partial charge in [0.1, 0.15) is 6.54 Å². The maximum atomic E-state index is 4.61. The van der Waals surface area contributed by atoms with E-state index in [1.807, 2.05) is 4.52 Å². The van der Waals surface area contributed by atoms with Crippen molar-refractivity contribution in [1.82, 2.24) is 19.8 Å². The number of hydrogen-bond acceptors (Lipinski definition) is 4. The molecule has 5 nitrogen and oxygen atoms in total. The molecule has 0 amide bonds. The highest BCUT2D eigenvalue weighted by atomic mass is 32.1. The molecule has 0 radical (unpaired) electrons. The number of nitrogens with zero attached hydrogens (tertiary/aromatic N) is 5. The molecule has 0 saturated carbocycles. The van der Waals surface area contributed by atoms with Gasteiger partial charge in [-0.1, -0.05) is 25.2 Å². The molecule has 0 spiro atoms. The first-order chi connectivity index (χ1) is 9.31. The van der Waals surface area contributed by atoms with Gasteiger partial charge in [-0.2, -0.15) is 9.61 Å². The van der Waals surface area contributed by atoms with Crippen LogP contribution < -0.4 is 4.57 Å². The molecule has 0 aliphatic carbocycles. The molecule has 0 fully saturated rings. The molecule has 98 valence electrons. The minimum absolute atomic E-state index is 0.842. The molecule has 0 unspecified atom stereocenters. The van der Waals surface area contributed by atoms with Crippen LogP contribution in [0.3, 0.4) is 0 Å². The van der Waals surface area contributed by atoms with Gasteiger partial charge in [0, 0.05) is 18.9 Å². The third kappa shape index (κ3) is 2.23. The van der Waals surface area contributed by atoms with Crippen molar-refractivity contribution in [3.63, 3.8) is 0 Å². The summed E-state index contributed by atoms with van der Waals surface area (Å²) in [5, 5.41) is 13.9. The molecule has 0 atom stereocenters. The molecule has 3 heterocycles. The molecule has 19 heavy (non-hydrogen) atoms. The third-order valence-electron chi connectivity index (χ3n) is 2.96. The summed E-state index contributed by atoms with van der Waals surface area (Å²) in [6, 6.07) is 4.15. The SMILES string of the molecule is CCC[n+]1cccc(-c2nn3c(CC)nnc3s2)c1. The molecule has 6 heteroatoms. The van der Waals surface area contributed by atoms with Crippen LogP contribution >= 0.6 is 11.3 Å². The first kappa shape index (κ1) is 12.2. The second-order valence-corrected chi connectivity index (χ2v) is 5.36. The van der Waals surface area contributed by atoms with Gasteiger partial charge < -0.3 is 0 Å². The normalized spacial score (nSPS) is 11.3. The quantitative estimate of drug-likeness (QED) is 0.685. The van der Waals surface area contributed by atoms with Gasteiger partial charge in [0.2, 0.25) is 4.96 Å². The minimum atomic E-state index is 0.842. The van der Waals surface area contributed by atoms with Crippen LogP contribution in [0.1, 0.15) is 26.1 Å². The maximum absolute atomic E-state index is 4.61. The van der Waals surface area contributed by atoms with Crippen LogP contribution in [0.15, 0.2) is 24.5 Å². The second-order valence-electron chi connectivity index (χ2n) is 4.40. The minimum Gasteiger partial charge on any atom is -0.204 e. The predicted octanol–water partition coefficient (Wildman–Crippen LogP) is 2.11. The lowest BCUT2D eigenvalue weighted by atomic mass is 10.3. The molecule has 0 aliphatic rings. The molecule has 0 aliphatic heterocycles. The van der Waals surface area contributed by atoms with Crippen molar-refractivity contribution in [1.29, 1.82) is 0 Å². The Labute approximate surface area is 115 Å². The maximum Gasteiger partial charge on any atom is 0.234 e. The molecule has 0 aromatic carbocycles. The summed E-state index contributed by atoms with van der Waals surface area (Å²) in [5.74, 6) is 0.912. The van der Waals surface area contributed by atoms with Gasteiger partial charge in [-0.3, -0.25) is 0 Å². The summed E-state index contributed by atoms with van der Waals surface area (Å²) < 4.78 is 4.04. The van der Waals surface area contributed by atoms with Gasteiger partial charge in [-0.25, -0.2) is 4.57 Å². The predicted molar refractivity (Wildman–Crippen MR) is 74.0 cm³/mol. The summed E-state index contributed by atoms with van der Waals surface area (Å²) >= 11 is 1.58. The van der Waals surface area contributed by atoms with Crippen LogP contribution in [0.25, 0.3) is 15.5 Å². The fourth-order valence-electron chi connectivity index (χ4n) is 2.04. The topological polar surface area (TPSA) is 47.0 Å². The Morgan fingerprint density at radius 3 is 3.00 bits per heavy atom. The van der Waals surface area contributed by atoms with E-state index >= 15 is 0 Å². The summed E-state index contributed by atoms with van der Waals surface area (Å²) in [6.45, 7) is 5.27. The van der Waals surface area contributed by atoms with Gasteiger partial charge in [-0.05, 0) is 6.07 Å². The van der Waals surface area contributed by atoms with Gasteiger partial charge >= 0.3 is 0 Å². The van der Waals surface area contributed by atoms with Gasteiger partial charge in [0.05, 0.1) is 5.56 Å².